The largest absolute Gasteiger partial charge is 0.488 e. The normalized spacial score (nSPS) is 15.6. The Hall–Kier alpha value is -6.60. The fourth-order valence-electron chi connectivity index (χ4n) is 9.86. The van der Waals surface area contributed by atoms with Gasteiger partial charge in [0.15, 0.2) is 0 Å². The first kappa shape index (κ1) is 42.4. The molecule has 6 aromatic carbocycles. The fourth-order valence-corrected chi connectivity index (χ4v) is 9.86. The molecule has 0 radical (unpaired) electrons. The molecule has 8 aromatic rings. The molecule has 65 heavy (non-hydrogen) atoms. The van der Waals surface area contributed by atoms with E-state index < -0.39 is 16.8 Å². The van der Waals surface area contributed by atoms with E-state index >= 15 is 0 Å². The molecule has 7 heteroatoms. The Kier molecular flexibility index (Phi) is 9.76. The summed E-state index contributed by atoms with van der Waals surface area (Å²) in [6, 6.07) is 39.0. The lowest BCUT2D eigenvalue weighted by Crippen LogP contribution is -2.44. The van der Waals surface area contributed by atoms with Crippen molar-refractivity contribution in [1.82, 2.24) is 0 Å². The first-order valence-electron chi connectivity index (χ1n) is 22.9. The monoisotopic (exact) mass is 863 g/mol. The van der Waals surface area contributed by atoms with Gasteiger partial charge in [-0.2, -0.15) is 0 Å². The highest BCUT2D eigenvalue weighted by Gasteiger charge is 2.42. The first-order valence-corrected chi connectivity index (χ1v) is 22.9. The van der Waals surface area contributed by atoms with E-state index in [4.69, 9.17) is 18.3 Å². The molecule has 0 unspecified atom stereocenters. The SMILES string of the molecule is CC(C)(C)Oc1cc(OC(C)(C)C)c2cc(-c3cccc(-c4ccc5cc(-c6ccc(-c7cc8cc9c%10c(c8oc7=O)C(C)(C)CCN%10CCC9(C)C)cc6)ccc5c4)c3)c(=O)oc2c1. The summed E-state index contributed by atoms with van der Waals surface area (Å²) in [6.45, 7) is 23.2. The Morgan fingerprint density at radius 2 is 1.11 bits per heavy atom. The summed E-state index contributed by atoms with van der Waals surface area (Å²) >= 11 is 0. The standard InChI is InChI=1S/C58H57NO6/c1-55(2,3)64-43-31-48-46(49(32-43)65-56(4,5)6)33-45(53(60)62-48)41-13-11-12-36(28-41)38-20-21-39-26-37(18-19-40(39)27-38)34-14-16-35(17-15-34)44-29-42-30-47-51-50(52(42)63-54(44)61)58(9,10)23-25-59(51)24-22-57(47,7)8/h11-21,26-33H,22-25H2,1-10H3. The molecule has 0 bridgehead atoms. The van der Waals surface area contributed by atoms with E-state index in [-0.39, 0.29) is 16.5 Å². The third-order valence-corrected chi connectivity index (χ3v) is 13.2. The van der Waals surface area contributed by atoms with E-state index in [0.29, 0.717) is 33.6 Å². The minimum atomic E-state index is -0.488. The second-order valence-corrected chi connectivity index (χ2v) is 21.4. The molecule has 0 fully saturated rings. The van der Waals surface area contributed by atoms with Gasteiger partial charge in [-0.3, -0.25) is 0 Å². The smallest absolute Gasteiger partial charge is 0.344 e. The van der Waals surface area contributed by atoms with Crippen LogP contribution in [0.25, 0.3) is 77.2 Å². The van der Waals surface area contributed by atoms with Gasteiger partial charge >= 0.3 is 11.3 Å². The van der Waals surface area contributed by atoms with Crippen molar-refractivity contribution < 1.29 is 18.3 Å². The molecule has 330 valence electrons. The summed E-state index contributed by atoms with van der Waals surface area (Å²) in [7, 11) is 0. The minimum absolute atomic E-state index is 0.0341. The van der Waals surface area contributed by atoms with Gasteiger partial charge in [0, 0.05) is 41.9 Å². The second kappa shape index (κ2) is 15.0. The third-order valence-electron chi connectivity index (χ3n) is 13.2. The van der Waals surface area contributed by atoms with E-state index in [9.17, 15) is 9.59 Å². The van der Waals surface area contributed by atoms with Crippen molar-refractivity contribution >= 4 is 38.4 Å². The third kappa shape index (κ3) is 7.89. The van der Waals surface area contributed by atoms with E-state index in [1.165, 1.54) is 16.8 Å². The Labute approximate surface area is 380 Å². The van der Waals surface area contributed by atoms with Crippen molar-refractivity contribution in [1.29, 1.82) is 0 Å². The van der Waals surface area contributed by atoms with Crippen molar-refractivity contribution in [3.05, 3.63) is 147 Å². The Balaban J connectivity index is 0.939. The highest BCUT2D eigenvalue weighted by atomic mass is 16.5. The number of hydrogen-bond donors (Lipinski definition) is 0. The van der Waals surface area contributed by atoms with Crippen LogP contribution in [0.2, 0.25) is 0 Å². The lowest BCUT2D eigenvalue weighted by molar-refractivity contribution is 0.122. The predicted octanol–water partition coefficient (Wildman–Crippen LogP) is 14.2. The van der Waals surface area contributed by atoms with Gasteiger partial charge in [0.25, 0.3) is 0 Å². The molecule has 0 N–H and O–H groups in total. The van der Waals surface area contributed by atoms with Crippen LogP contribution in [0, 0.1) is 0 Å². The molecule has 2 aromatic heterocycles. The zero-order chi connectivity index (χ0) is 45.8. The Bertz CT molecular complexity index is 3330. The summed E-state index contributed by atoms with van der Waals surface area (Å²) in [4.78, 5) is 29.9. The number of nitrogens with zero attached hydrogens (tertiary/aromatic N) is 1. The predicted molar refractivity (Wildman–Crippen MR) is 266 cm³/mol. The molecule has 2 aliphatic rings. The zero-order valence-corrected chi connectivity index (χ0v) is 39.2. The van der Waals surface area contributed by atoms with Gasteiger partial charge in [0.05, 0.1) is 16.5 Å². The molecule has 7 nitrogen and oxygen atoms in total. The highest BCUT2D eigenvalue weighted by Crippen LogP contribution is 2.52. The van der Waals surface area contributed by atoms with Crippen molar-refractivity contribution in [2.45, 2.75) is 104 Å². The van der Waals surface area contributed by atoms with E-state index in [2.05, 4.69) is 93.3 Å². The molecule has 0 aliphatic carbocycles. The topological polar surface area (TPSA) is 82.1 Å². The van der Waals surface area contributed by atoms with Crippen LogP contribution in [0.3, 0.4) is 0 Å². The minimum Gasteiger partial charge on any atom is -0.488 e. The van der Waals surface area contributed by atoms with Crippen molar-refractivity contribution in [2.75, 3.05) is 18.0 Å². The quantitative estimate of drug-likeness (QED) is 0.154. The summed E-state index contributed by atoms with van der Waals surface area (Å²) in [5.41, 5.74) is 9.98. The van der Waals surface area contributed by atoms with Gasteiger partial charge in [-0.1, -0.05) is 94.4 Å². The average Bonchev–Trinajstić information content (AvgIpc) is 3.23. The second-order valence-electron chi connectivity index (χ2n) is 21.4. The molecule has 0 atom stereocenters. The van der Waals surface area contributed by atoms with Crippen LogP contribution < -0.4 is 25.6 Å². The lowest BCUT2D eigenvalue weighted by Gasteiger charge is -2.48. The maximum absolute atomic E-state index is 13.8. The number of fused-ring (bicyclic) bond motifs is 4. The van der Waals surface area contributed by atoms with Crippen molar-refractivity contribution in [3.8, 4) is 56.0 Å². The van der Waals surface area contributed by atoms with E-state index in [1.54, 1.807) is 6.07 Å². The molecular weight excluding hydrogens is 807 g/mol. The number of rotatable bonds is 6. The summed E-state index contributed by atoms with van der Waals surface area (Å²) in [5.74, 6) is 1.16. The fraction of sp³-hybridized carbons (Fsp3) is 0.310. The zero-order valence-electron chi connectivity index (χ0n) is 39.2. The van der Waals surface area contributed by atoms with Crippen molar-refractivity contribution in [2.24, 2.45) is 0 Å². The van der Waals surface area contributed by atoms with Crippen LogP contribution in [0.4, 0.5) is 5.69 Å². The van der Waals surface area contributed by atoms with Crippen LogP contribution in [0.15, 0.2) is 134 Å². The number of ether oxygens (including phenoxy) is 2. The van der Waals surface area contributed by atoms with E-state index in [1.807, 2.05) is 90.1 Å². The average molecular weight is 864 g/mol. The molecule has 0 saturated heterocycles. The van der Waals surface area contributed by atoms with Gasteiger partial charge in [0.1, 0.15) is 33.9 Å². The highest BCUT2D eigenvalue weighted by molar-refractivity contribution is 5.94. The Morgan fingerprint density at radius 3 is 1.78 bits per heavy atom. The van der Waals surface area contributed by atoms with Crippen LogP contribution in [0.1, 0.15) is 93.2 Å². The number of anilines is 1. The number of hydrogen-bond acceptors (Lipinski definition) is 7. The van der Waals surface area contributed by atoms with Gasteiger partial charge in [0.2, 0.25) is 0 Å². The molecule has 10 rings (SSSR count). The van der Waals surface area contributed by atoms with Gasteiger partial charge in [-0.25, -0.2) is 9.59 Å². The lowest BCUT2D eigenvalue weighted by atomic mass is 9.69. The molecule has 0 saturated carbocycles. The summed E-state index contributed by atoms with van der Waals surface area (Å²) in [6.07, 6.45) is 2.12. The Morgan fingerprint density at radius 1 is 0.538 bits per heavy atom. The van der Waals surface area contributed by atoms with Gasteiger partial charge in [-0.05, 0) is 151 Å². The maximum Gasteiger partial charge on any atom is 0.344 e. The molecule has 2 aliphatic heterocycles. The first-order chi connectivity index (χ1) is 30.7. The van der Waals surface area contributed by atoms with Crippen LogP contribution in [-0.2, 0) is 10.8 Å². The molecular formula is C58H57NO6. The van der Waals surface area contributed by atoms with Crippen LogP contribution >= 0.6 is 0 Å². The van der Waals surface area contributed by atoms with E-state index in [0.717, 1.165) is 81.1 Å². The van der Waals surface area contributed by atoms with Crippen LogP contribution in [0.5, 0.6) is 11.5 Å². The molecule has 4 heterocycles. The van der Waals surface area contributed by atoms with Crippen molar-refractivity contribution in [3.63, 3.8) is 0 Å². The van der Waals surface area contributed by atoms with Gasteiger partial charge < -0.3 is 23.2 Å². The molecule has 0 amide bonds. The number of benzene rings is 6. The summed E-state index contributed by atoms with van der Waals surface area (Å²) < 4.78 is 24.8. The van der Waals surface area contributed by atoms with Crippen LogP contribution in [-0.4, -0.2) is 24.3 Å². The molecule has 0 spiro atoms. The summed E-state index contributed by atoms with van der Waals surface area (Å²) in [5, 5.41) is 3.89. The maximum atomic E-state index is 13.8. The van der Waals surface area contributed by atoms with Gasteiger partial charge in [-0.15, -0.1) is 0 Å².